The highest BCUT2D eigenvalue weighted by Crippen LogP contribution is 2.26. The van der Waals surface area contributed by atoms with Gasteiger partial charge in [0.25, 0.3) is 5.91 Å². The van der Waals surface area contributed by atoms with Crippen molar-refractivity contribution in [2.75, 3.05) is 19.7 Å². The van der Waals surface area contributed by atoms with Crippen LogP contribution in [0.1, 0.15) is 35.2 Å². The minimum atomic E-state index is 0.0286. The largest absolute Gasteiger partial charge is 0.493 e. The monoisotopic (exact) mass is 259 g/mol. The van der Waals surface area contributed by atoms with Gasteiger partial charge in [0, 0.05) is 31.5 Å². The maximum Gasteiger partial charge on any atom is 0.253 e. The normalized spacial score (nSPS) is 18.7. The van der Waals surface area contributed by atoms with Crippen LogP contribution in [0.25, 0.3) is 0 Å². The van der Waals surface area contributed by atoms with Crippen molar-refractivity contribution < 1.29 is 14.3 Å². The molecule has 0 aliphatic carbocycles. The number of hydrogen-bond acceptors (Lipinski definition) is 3. The molecule has 2 aliphatic heterocycles. The Morgan fingerprint density at radius 3 is 2.74 bits per heavy atom. The van der Waals surface area contributed by atoms with Crippen LogP contribution in [-0.2, 0) is 11.2 Å². The fourth-order valence-electron chi connectivity index (χ4n) is 2.64. The molecular formula is C15H17NO3. The van der Waals surface area contributed by atoms with E-state index in [2.05, 4.69) is 0 Å². The first-order valence-electron chi connectivity index (χ1n) is 6.81. The summed E-state index contributed by atoms with van der Waals surface area (Å²) in [5.41, 5.74) is 1.82. The number of benzene rings is 1. The van der Waals surface area contributed by atoms with Crippen LogP contribution >= 0.6 is 0 Å². The molecule has 0 atom stereocenters. The Balaban J connectivity index is 1.78. The van der Waals surface area contributed by atoms with Gasteiger partial charge in [-0.1, -0.05) is 0 Å². The first-order valence-corrected chi connectivity index (χ1v) is 6.81. The van der Waals surface area contributed by atoms with Crippen molar-refractivity contribution in [1.82, 2.24) is 4.90 Å². The zero-order valence-electron chi connectivity index (χ0n) is 10.9. The van der Waals surface area contributed by atoms with Gasteiger partial charge in [-0.05, 0) is 36.6 Å². The summed E-state index contributed by atoms with van der Waals surface area (Å²) < 4.78 is 5.55. The van der Waals surface area contributed by atoms with Crippen LogP contribution in [0.4, 0.5) is 0 Å². The molecule has 0 N–H and O–H groups in total. The summed E-state index contributed by atoms with van der Waals surface area (Å²) in [6.45, 7) is 1.85. The maximum atomic E-state index is 12.4. The Kier molecular flexibility index (Phi) is 3.23. The van der Waals surface area contributed by atoms with E-state index in [0.717, 1.165) is 30.8 Å². The summed E-state index contributed by atoms with van der Waals surface area (Å²) in [5, 5.41) is 0. The number of piperidine rings is 1. The lowest BCUT2D eigenvalue weighted by molar-refractivity contribution is -0.120. The van der Waals surface area contributed by atoms with Crippen molar-refractivity contribution in [2.45, 2.75) is 25.7 Å². The molecule has 0 aromatic heterocycles. The van der Waals surface area contributed by atoms with Gasteiger partial charge in [0.1, 0.15) is 11.5 Å². The van der Waals surface area contributed by atoms with Gasteiger partial charge >= 0.3 is 0 Å². The number of fused-ring (bicyclic) bond motifs is 1. The molecule has 4 nitrogen and oxygen atoms in total. The summed E-state index contributed by atoms with van der Waals surface area (Å²) in [6, 6.07) is 5.65. The van der Waals surface area contributed by atoms with Crippen LogP contribution in [-0.4, -0.2) is 36.3 Å². The molecule has 4 heteroatoms. The third-order valence-electron chi connectivity index (χ3n) is 3.76. The molecule has 1 saturated heterocycles. The molecule has 1 aromatic rings. The molecule has 1 fully saturated rings. The first kappa shape index (κ1) is 12.2. The predicted octanol–water partition coefficient (Wildman–Crippen LogP) is 1.82. The van der Waals surface area contributed by atoms with Gasteiger partial charge in [-0.25, -0.2) is 0 Å². The number of likely N-dealkylation sites (tertiary alicyclic amines) is 1. The summed E-state index contributed by atoms with van der Waals surface area (Å²) in [5.74, 6) is 1.18. The standard InChI is InChI=1S/C15H17NO3/c17-13-5-7-16(8-6-13)15(18)12-3-4-14-11(10-12)2-1-9-19-14/h3-4,10H,1-2,5-9H2. The summed E-state index contributed by atoms with van der Waals surface area (Å²) in [6.07, 6.45) is 2.94. The Morgan fingerprint density at radius 1 is 1.16 bits per heavy atom. The average molecular weight is 259 g/mol. The molecule has 1 amide bonds. The van der Waals surface area contributed by atoms with E-state index in [-0.39, 0.29) is 11.7 Å². The average Bonchev–Trinajstić information content (AvgIpc) is 2.47. The lowest BCUT2D eigenvalue weighted by atomic mass is 10.0. The highest BCUT2D eigenvalue weighted by molar-refractivity contribution is 5.95. The molecule has 2 heterocycles. The molecule has 1 aromatic carbocycles. The van der Waals surface area contributed by atoms with E-state index >= 15 is 0 Å². The SMILES string of the molecule is O=C1CCN(C(=O)c2ccc3c(c2)CCCO3)CC1. The number of nitrogens with zero attached hydrogens (tertiary/aromatic N) is 1. The topological polar surface area (TPSA) is 46.6 Å². The highest BCUT2D eigenvalue weighted by Gasteiger charge is 2.22. The number of hydrogen-bond donors (Lipinski definition) is 0. The van der Waals surface area contributed by atoms with E-state index < -0.39 is 0 Å². The third kappa shape index (κ3) is 2.48. The lowest BCUT2D eigenvalue weighted by Gasteiger charge is -2.26. The van der Waals surface area contributed by atoms with E-state index in [0.29, 0.717) is 31.5 Å². The zero-order valence-corrected chi connectivity index (χ0v) is 10.9. The van der Waals surface area contributed by atoms with Crippen molar-refractivity contribution >= 4 is 11.7 Å². The number of amides is 1. The predicted molar refractivity (Wildman–Crippen MR) is 70.4 cm³/mol. The quantitative estimate of drug-likeness (QED) is 0.773. The number of ether oxygens (including phenoxy) is 1. The van der Waals surface area contributed by atoms with Crippen LogP contribution in [0.2, 0.25) is 0 Å². The second-order valence-electron chi connectivity index (χ2n) is 5.11. The molecule has 2 aliphatic rings. The maximum absolute atomic E-state index is 12.4. The van der Waals surface area contributed by atoms with Crippen LogP contribution in [0.5, 0.6) is 5.75 Å². The lowest BCUT2D eigenvalue weighted by Crippen LogP contribution is -2.38. The Morgan fingerprint density at radius 2 is 1.95 bits per heavy atom. The van der Waals surface area contributed by atoms with E-state index in [4.69, 9.17) is 4.74 Å². The minimum absolute atomic E-state index is 0.0286. The van der Waals surface area contributed by atoms with Crippen molar-refractivity contribution in [3.63, 3.8) is 0 Å². The Bertz CT molecular complexity index is 514. The van der Waals surface area contributed by atoms with Gasteiger partial charge in [-0.15, -0.1) is 0 Å². The molecule has 3 rings (SSSR count). The number of aryl methyl sites for hydroxylation is 1. The fourth-order valence-corrected chi connectivity index (χ4v) is 2.64. The van der Waals surface area contributed by atoms with Crippen molar-refractivity contribution in [3.05, 3.63) is 29.3 Å². The Hall–Kier alpha value is -1.84. The van der Waals surface area contributed by atoms with Crippen molar-refractivity contribution in [2.24, 2.45) is 0 Å². The van der Waals surface area contributed by atoms with Crippen LogP contribution in [0.15, 0.2) is 18.2 Å². The minimum Gasteiger partial charge on any atom is -0.493 e. The molecule has 0 saturated carbocycles. The van der Waals surface area contributed by atoms with E-state index in [1.807, 2.05) is 18.2 Å². The molecular weight excluding hydrogens is 242 g/mol. The number of carbonyl (C=O) groups excluding carboxylic acids is 2. The van der Waals surface area contributed by atoms with Gasteiger partial charge in [-0.3, -0.25) is 9.59 Å². The van der Waals surface area contributed by atoms with Crippen molar-refractivity contribution in [1.29, 1.82) is 0 Å². The van der Waals surface area contributed by atoms with E-state index in [9.17, 15) is 9.59 Å². The Labute approximate surface area is 112 Å². The second kappa shape index (κ2) is 5.03. The number of rotatable bonds is 1. The molecule has 0 spiro atoms. The van der Waals surface area contributed by atoms with Gasteiger partial charge < -0.3 is 9.64 Å². The summed E-state index contributed by atoms with van der Waals surface area (Å²) in [4.78, 5) is 25.3. The molecule has 100 valence electrons. The second-order valence-corrected chi connectivity index (χ2v) is 5.11. The van der Waals surface area contributed by atoms with Crippen LogP contribution < -0.4 is 4.74 Å². The van der Waals surface area contributed by atoms with Crippen molar-refractivity contribution in [3.8, 4) is 5.75 Å². The van der Waals surface area contributed by atoms with E-state index in [1.54, 1.807) is 4.90 Å². The number of carbonyl (C=O) groups is 2. The first-order chi connectivity index (χ1) is 9.24. The van der Waals surface area contributed by atoms with E-state index in [1.165, 1.54) is 0 Å². The summed E-state index contributed by atoms with van der Waals surface area (Å²) >= 11 is 0. The molecule has 0 bridgehead atoms. The van der Waals surface area contributed by atoms with Crippen LogP contribution in [0.3, 0.4) is 0 Å². The molecule has 0 unspecified atom stereocenters. The number of ketones is 1. The third-order valence-corrected chi connectivity index (χ3v) is 3.76. The zero-order chi connectivity index (χ0) is 13.2. The number of Topliss-reactive ketones (excluding diaryl/α,β-unsaturated/α-hetero) is 1. The molecule has 19 heavy (non-hydrogen) atoms. The molecule has 0 radical (unpaired) electrons. The van der Waals surface area contributed by atoms with Gasteiger partial charge in [-0.2, -0.15) is 0 Å². The highest BCUT2D eigenvalue weighted by atomic mass is 16.5. The fraction of sp³-hybridized carbons (Fsp3) is 0.467. The van der Waals surface area contributed by atoms with Gasteiger partial charge in [0.05, 0.1) is 6.61 Å². The summed E-state index contributed by atoms with van der Waals surface area (Å²) in [7, 11) is 0. The van der Waals surface area contributed by atoms with Gasteiger partial charge in [0.2, 0.25) is 0 Å². The van der Waals surface area contributed by atoms with Crippen LogP contribution in [0, 0.1) is 0 Å². The smallest absolute Gasteiger partial charge is 0.253 e. The van der Waals surface area contributed by atoms with Gasteiger partial charge in [0.15, 0.2) is 0 Å².